The zero-order valence-corrected chi connectivity index (χ0v) is 19.6. The van der Waals surface area contributed by atoms with E-state index < -0.39 is 12.0 Å². The van der Waals surface area contributed by atoms with Gasteiger partial charge in [-0.2, -0.15) is 0 Å². The molecule has 0 aliphatic carbocycles. The lowest BCUT2D eigenvalue weighted by Gasteiger charge is -2.39. The molecule has 0 radical (unpaired) electrons. The molecule has 2 fully saturated rings. The predicted molar refractivity (Wildman–Crippen MR) is 121 cm³/mol. The smallest absolute Gasteiger partial charge is 0.328 e. The van der Waals surface area contributed by atoms with Gasteiger partial charge in [0.25, 0.3) is 5.91 Å². The van der Waals surface area contributed by atoms with Crippen molar-refractivity contribution in [3.05, 3.63) is 29.8 Å². The number of methoxy groups -OCH3 is 1. The van der Waals surface area contributed by atoms with E-state index in [-0.39, 0.29) is 29.6 Å². The van der Waals surface area contributed by atoms with Gasteiger partial charge < -0.3 is 24.6 Å². The van der Waals surface area contributed by atoms with Crippen molar-refractivity contribution < 1.29 is 28.7 Å². The van der Waals surface area contributed by atoms with Crippen molar-refractivity contribution in [1.29, 1.82) is 0 Å². The number of ether oxygens (including phenoxy) is 2. The molecule has 9 heteroatoms. The Balaban J connectivity index is 1.53. The van der Waals surface area contributed by atoms with E-state index in [1.807, 2.05) is 24.0 Å². The second-order valence-electron chi connectivity index (χ2n) is 8.80. The molecule has 1 unspecified atom stereocenters. The molecule has 1 spiro atoms. The summed E-state index contributed by atoms with van der Waals surface area (Å²) in [5, 5.41) is 2.49. The number of likely N-dealkylation sites (tertiary alicyclic amines) is 2. The van der Waals surface area contributed by atoms with Crippen molar-refractivity contribution in [2.24, 2.45) is 5.41 Å². The molecular formula is C24H33N3O6. The summed E-state index contributed by atoms with van der Waals surface area (Å²) in [7, 11) is 1.23. The lowest BCUT2D eigenvalue weighted by molar-refractivity contribution is -0.147. The molecule has 33 heavy (non-hydrogen) atoms. The van der Waals surface area contributed by atoms with Gasteiger partial charge in [-0.1, -0.05) is 0 Å². The number of hydrogen-bond donors (Lipinski definition) is 1. The summed E-state index contributed by atoms with van der Waals surface area (Å²) >= 11 is 0. The first-order valence-corrected chi connectivity index (χ1v) is 11.4. The van der Waals surface area contributed by atoms with Gasteiger partial charge in [-0.25, -0.2) is 4.79 Å². The lowest BCUT2D eigenvalue weighted by atomic mass is 9.77. The summed E-state index contributed by atoms with van der Waals surface area (Å²) in [6.45, 7) is 6.30. The fraction of sp³-hybridized carbons (Fsp3) is 0.583. The molecule has 0 bridgehead atoms. The second-order valence-corrected chi connectivity index (χ2v) is 8.80. The number of carbonyl (C=O) groups is 4. The van der Waals surface area contributed by atoms with Gasteiger partial charge in [-0.05, 0) is 55.9 Å². The molecule has 2 saturated heterocycles. The van der Waals surface area contributed by atoms with Crippen LogP contribution in [0.15, 0.2) is 24.3 Å². The number of carbonyl (C=O) groups excluding carboxylic acids is 4. The van der Waals surface area contributed by atoms with Gasteiger partial charge in [0.1, 0.15) is 11.8 Å². The monoisotopic (exact) mass is 459 g/mol. The van der Waals surface area contributed by atoms with Crippen LogP contribution in [0.3, 0.4) is 0 Å². The van der Waals surface area contributed by atoms with Crippen LogP contribution in [0.5, 0.6) is 5.75 Å². The zero-order valence-electron chi connectivity index (χ0n) is 19.6. The van der Waals surface area contributed by atoms with Crippen LogP contribution in [0.4, 0.5) is 0 Å². The molecule has 1 aromatic rings. The van der Waals surface area contributed by atoms with Crippen LogP contribution in [-0.2, 0) is 19.1 Å². The Morgan fingerprint density at radius 2 is 1.64 bits per heavy atom. The first-order valence-electron chi connectivity index (χ1n) is 11.4. The van der Waals surface area contributed by atoms with E-state index in [1.54, 1.807) is 17.0 Å². The fourth-order valence-corrected chi connectivity index (χ4v) is 4.67. The van der Waals surface area contributed by atoms with Crippen molar-refractivity contribution in [3.63, 3.8) is 0 Å². The van der Waals surface area contributed by atoms with Gasteiger partial charge in [0.15, 0.2) is 0 Å². The minimum Gasteiger partial charge on any atom is -0.494 e. The maximum atomic E-state index is 12.9. The molecule has 2 aliphatic rings. The van der Waals surface area contributed by atoms with Crippen LogP contribution < -0.4 is 10.1 Å². The maximum absolute atomic E-state index is 12.9. The number of hydrogen-bond acceptors (Lipinski definition) is 6. The van der Waals surface area contributed by atoms with Crippen molar-refractivity contribution in [3.8, 4) is 5.75 Å². The standard InChI is InChI=1S/C24H33N3O6/c1-4-33-19-7-5-18(6-8-19)22(30)26-12-9-24(10-13-26)11-14-27(16-24)21(29)15-20(23(31)32-3)25-17(2)28/h5-8,20H,4,9-16H2,1-3H3,(H,25,28). The molecular weight excluding hydrogens is 426 g/mol. The number of nitrogens with zero attached hydrogens (tertiary/aromatic N) is 2. The highest BCUT2D eigenvalue weighted by Crippen LogP contribution is 2.40. The number of rotatable bonds is 7. The zero-order chi connectivity index (χ0) is 24.0. The summed E-state index contributed by atoms with van der Waals surface area (Å²) in [4.78, 5) is 52.6. The Labute approximate surface area is 194 Å². The lowest BCUT2D eigenvalue weighted by Crippen LogP contribution is -2.46. The molecule has 0 saturated carbocycles. The molecule has 180 valence electrons. The second kappa shape index (κ2) is 10.7. The van der Waals surface area contributed by atoms with Crippen LogP contribution >= 0.6 is 0 Å². The van der Waals surface area contributed by atoms with Crippen LogP contribution in [0, 0.1) is 5.41 Å². The highest BCUT2D eigenvalue weighted by atomic mass is 16.5. The Kier molecular flexibility index (Phi) is 7.94. The highest BCUT2D eigenvalue weighted by Gasteiger charge is 2.43. The number of amides is 3. The Morgan fingerprint density at radius 3 is 2.18 bits per heavy atom. The van der Waals surface area contributed by atoms with Gasteiger partial charge in [0.05, 0.1) is 20.1 Å². The van der Waals surface area contributed by atoms with Crippen molar-refractivity contribution in [2.45, 2.75) is 45.6 Å². The number of esters is 1. The third-order valence-electron chi connectivity index (χ3n) is 6.56. The normalized spacial score (nSPS) is 18.0. The fourth-order valence-electron chi connectivity index (χ4n) is 4.67. The number of benzene rings is 1. The topological polar surface area (TPSA) is 105 Å². The van der Waals surface area contributed by atoms with Gasteiger partial charge in [-0.15, -0.1) is 0 Å². The Morgan fingerprint density at radius 1 is 1.03 bits per heavy atom. The Bertz CT molecular complexity index is 877. The van der Waals surface area contributed by atoms with E-state index >= 15 is 0 Å². The molecule has 1 aromatic carbocycles. The molecule has 9 nitrogen and oxygen atoms in total. The van der Waals surface area contributed by atoms with E-state index in [9.17, 15) is 19.2 Å². The van der Waals surface area contributed by atoms with E-state index in [0.717, 1.165) is 25.0 Å². The number of nitrogens with one attached hydrogen (secondary N) is 1. The van der Waals surface area contributed by atoms with Crippen LogP contribution in [0.25, 0.3) is 0 Å². The molecule has 2 heterocycles. The van der Waals surface area contributed by atoms with Gasteiger partial charge in [0, 0.05) is 38.7 Å². The van der Waals surface area contributed by atoms with Crippen LogP contribution in [0.1, 0.15) is 49.9 Å². The number of piperidine rings is 1. The first kappa shape index (κ1) is 24.5. The van der Waals surface area contributed by atoms with Crippen molar-refractivity contribution >= 4 is 23.7 Å². The van der Waals surface area contributed by atoms with Gasteiger partial charge in [-0.3, -0.25) is 14.4 Å². The molecule has 2 aliphatic heterocycles. The molecule has 1 atom stereocenters. The average Bonchev–Trinajstić information content (AvgIpc) is 3.22. The average molecular weight is 460 g/mol. The molecule has 3 amide bonds. The first-order chi connectivity index (χ1) is 15.8. The molecule has 3 rings (SSSR count). The minimum atomic E-state index is -0.981. The predicted octanol–water partition coefficient (Wildman–Crippen LogP) is 1.61. The summed E-state index contributed by atoms with van der Waals surface area (Å²) < 4.78 is 10.1. The molecule has 0 aromatic heterocycles. The third kappa shape index (κ3) is 6.03. The summed E-state index contributed by atoms with van der Waals surface area (Å²) in [6.07, 6.45) is 2.40. The summed E-state index contributed by atoms with van der Waals surface area (Å²) in [5.41, 5.74) is 0.629. The van der Waals surface area contributed by atoms with Crippen LogP contribution in [-0.4, -0.2) is 79.4 Å². The SMILES string of the molecule is CCOc1ccc(C(=O)N2CCC3(CCN(C(=O)CC(NC(C)=O)C(=O)OC)C3)CC2)cc1. The Hall–Kier alpha value is -3.10. The quantitative estimate of drug-likeness (QED) is 0.621. The highest BCUT2D eigenvalue weighted by molar-refractivity contribution is 5.94. The third-order valence-corrected chi connectivity index (χ3v) is 6.56. The van der Waals surface area contributed by atoms with Crippen LogP contribution in [0.2, 0.25) is 0 Å². The van der Waals surface area contributed by atoms with Gasteiger partial charge in [0.2, 0.25) is 11.8 Å². The van der Waals surface area contributed by atoms with E-state index in [2.05, 4.69) is 5.32 Å². The minimum absolute atomic E-state index is 0.00931. The molecule has 1 N–H and O–H groups in total. The summed E-state index contributed by atoms with van der Waals surface area (Å²) in [5.74, 6) is -0.441. The van der Waals surface area contributed by atoms with E-state index in [4.69, 9.17) is 9.47 Å². The maximum Gasteiger partial charge on any atom is 0.328 e. The summed E-state index contributed by atoms with van der Waals surface area (Å²) in [6, 6.07) is 6.22. The largest absolute Gasteiger partial charge is 0.494 e. The van der Waals surface area contributed by atoms with E-state index in [1.165, 1.54) is 14.0 Å². The van der Waals surface area contributed by atoms with Crippen molar-refractivity contribution in [2.75, 3.05) is 39.9 Å². The van der Waals surface area contributed by atoms with Gasteiger partial charge >= 0.3 is 5.97 Å². The van der Waals surface area contributed by atoms with E-state index in [0.29, 0.717) is 38.3 Å². The van der Waals surface area contributed by atoms with Crippen molar-refractivity contribution in [1.82, 2.24) is 15.1 Å².